The number of hydrogen-bond donors (Lipinski definition) is 1. The van der Waals surface area contributed by atoms with Gasteiger partial charge in [-0.3, -0.25) is 0 Å². The van der Waals surface area contributed by atoms with Crippen molar-refractivity contribution in [3.63, 3.8) is 0 Å². The van der Waals surface area contributed by atoms with Gasteiger partial charge in [0.15, 0.2) is 0 Å². The molecule has 0 fully saturated rings. The fourth-order valence-electron chi connectivity index (χ4n) is 1.77. The molecule has 1 aliphatic rings. The number of ether oxygens (including phenoxy) is 1. The Morgan fingerprint density at radius 2 is 1.67 bits per heavy atom. The van der Waals surface area contributed by atoms with Gasteiger partial charge in [-0.15, -0.1) is 0 Å². The second kappa shape index (κ2) is 3.02. The molecule has 73 valence electrons. The zero-order chi connectivity index (χ0) is 10.3. The molecule has 2 nitrogen and oxygen atoms in total. The molecule has 2 heteroatoms. The van der Waals surface area contributed by atoms with Crippen molar-refractivity contribution in [2.45, 2.75) is 0 Å². The highest BCUT2D eigenvalue weighted by molar-refractivity contribution is 5.66. The Hall–Kier alpha value is -1.96. The minimum absolute atomic E-state index is 0.752. The SMILES string of the molecule is Nc1cccc2c1[CH]c1ccccc1O2. The van der Waals surface area contributed by atoms with Crippen LogP contribution in [0.2, 0.25) is 0 Å². The molecule has 15 heavy (non-hydrogen) atoms. The van der Waals surface area contributed by atoms with Crippen LogP contribution in [0.15, 0.2) is 42.5 Å². The van der Waals surface area contributed by atoms with Crippen LogP contribution in [0.1, 0.15) is 11.1 Å². The van der Waals surface area contributed by atoms with E-state index in [9.17, 15) is 0 Å². The summed E-state index contributed by atoms with van der Waals surface area (Å²) >= 11 is 0. The van der Waals surface area contributed by atoms with Gasteiger partial charge in [-0.25, -0.2) is 0 Å². The summed E-state index contributed by atoms with van der Waals surface area (Å²) in [6.07, 6.45) is 2.06. The van der Waals surface area contributed by atoms with Crippen molar-refractivity contribution >= 4 is 5.69 Å². The van der Waals surface area contributed by atoms with Gasteiger partial charge in [0, 0.05) is 23.2 Å². The molecule has 0 aliphatic carbocycles. The second-order valence-corrected chi connectivity index (χ2v) is 3.54. The third kappa shape index (κ3) is 1.26. The Kier molecular flexibility index (Phi) is 1.68. The molecule has 0 aromatic heterocycles. The van der Waals surface area contributed by atoms with Crippen LogP contribution in [0, 0.1) is 6.42 Å². The Labute approximate surface area is 88.3 Å². The summed E-state index contributed by atoms with van der Waals surface area (Å²) in [6, 6.07) is 13.6. The predicted octanol–water partition coefficient (Wildman–Crippen LogP) is 2.98. The molecule has 0 saturated carbocycles. The third-order valence-corrected chi connectivity index (χ3v) is 2.54. The van der Waals surface area contributed by atoms with Crippen molar-refractivity contribution in [1.82, 2.24) is 0 Å². The van der Waals surface area contributed by atoms with Gasteiger partial charge in [-0.1, -0.05) is 24.3 Å². The highest BCUT2D eigenvalue weighted by Gasteiger charge is 2.17. The molecule has 2 aromatic carbocycles. The fraction of sp³-hybridized carbons (Fsp3) is 0. The number of rotatable bonds is 0. The normalized spacial score (nSPS) is 12.5. The van der Waals surface area contributed by atoms with Gasteiger partial charge in [0.2, 0.25) is 0 Å². The second-order valence-electron chi connectivity index (χ2n) is 3.54. The van der Waals surface area contributed by atoms with Crippen LogP contribution >= 0.6 is 0 Å². The molecule has 2 aromatic rings. The highest BCUT2D eigenvalue weighted by atomic mass is 16.5. The third-order valence-electron chi connectivity index (χ3n) is 2.54. The van der Waals surface area contributed by atoms with Crippen LogP contribution in [-0.4, -0.2) is 0 Å². The van der Waals surface area contributed by atoms with Crippen molar-refractivity contribution in [3.05, 3.63) is 60.0 Å². The maximum absolute atomic E-state index is 5.89. The first kappa shape index (κ1) is 8.36. The molecule has 1 heterocycles. The molecule has 0 spiro atoms. The summed E-state index contributed by atoms with van der Waals surface area (Å²) in [5, 5.41) is 0. The summed E-state index contributed by atoms with van der Waals surface area (Å²) in [5.74, 6) is 1.71. The molecule has 2 N–H and O–H groups in total. The van der Waals surface area contributed by atoms with Gasteiger partial charge in [0.25, 0.3) is 0 Å². The molecule has 1 aliphatic heterocycles. The number of anilines is 1. The first-order chi connectivity index (χ1) is 7.34. The van der Waals surface area contributed by atoms with Crippen molar-refractivity contribution in [2.75, 3.05) is 5.73 Å². The number of nitrogen functional groups attached to an aromatic ring is 1. The van der Waals surface area contributed by atoms with E-state index in [2.05, 4.69) is 6.42 Å². The Bertz CT molecular complexity index is 520. The Morgan fingerprint density at radius 1 is 0.867 bits per heavy atom. The van der Waals surface area contributed by atoms with Crippen molar-refractivity contribution in [3.8, 4) is 11.5 Å². The van der Waals surface area contributed by atoms with Gasteiger partial charge >= 0.3 is 0 Å². The first-order valence-electron chi connectivity index (χ1n) is 4.85. The quantitative estimate of drug-likeness (QED) is 0.561. The zero-order valence-electron chi connectivity index (χ0n) is 8.10. The molecule has 0 saturated heterocycles. The molecular weight excluding hydrogens is 186 g/mol. The van der Waals surface area contributed by atoms with E-state index in [4.69, 9.17) is 10.5 Å². The van der Waals surface area contributed by atoms with Gasteiger partial charge in [-0.05, 0) is 18.2 Å². The first-order valence-corrected chi connectivity index (χ1v) is 4.85. The van der Waals surface area contributed by atoms with E-state index in [1.807, 2.05) is 42.5 Å². The predicted molar refractivity (Wildman–Crippen MR) is 59.9 cm³/mol. The highest BCUT2D eigenvalue weighted by Crippen LogP contribution is 2.39. The lowest BCUT2D eigenvalue weighted by Crippen LogP contribution is -2.03. The number of fused-ring (bicyclic) bond motifs is 2. The fourth-order valence-corrected chi connectivity index (χ4v) is 1.77. The minimum Gasteiger partial charge on any atom is -0.457 e. The van der Waals surface area contributed by atoms with Crippen molar-refractivity contribution in [2.24, 2.45) is 0 Å². The average molecular weight is 196 g/mol. The monoisotopic (exact) mass is 196 g/mol. The lowest BCUT2D eigenvalue weighted by molar-refractivity contribution is 0.470. The van der Waals surface area contributed by atoms with Crippen molar-refractivity contribution < 1.29 is 4.74 Å². The van der Waals surface area contributed by atoms with Gasteiger partial charge in [0.05, 0.1) is 0 Å². The van der Waals surface area contributed by atoms with E-state index in [0.717, 1.165) is 28.3 Å². The lowest BCUT2D eigenvalue weighted by Gasteiger charge is -2.20. The molecule has 0 unspecified atom stereocenters. The lowest BCUT2D eigenvalue weighted by atomic mass is 9.99. The molecule has 1 radical (unpaired) electrons. The summed E-state index contributed by atoms with van der Waals surface area (Å²) in [7, 11) is 0. The minimum atomic E-state index is 0.752. The van der Waals surface area contributed by atoms with Gasteiger partial charge in [-0.2, -0.15) is 0 Å². The maximum atomic E-state index is 5.89. The summed E-state index contributed by atoms with van der Waals surface area (Å²) in [6.45, 7) is 0. The van der Waals surface area contributed by atoms with E-state index in [0.29, 0.717) is 0 Å². The van der Waals surface area contributed by atoms with Crippen molar-refractivity contribution in [1.29, 1.82) is 0 Å². The number of nitrogens with two attached hydrogens (primary N) is 1. The smallest absolute Gasteiger partial charge is 0.133 e. The molecular formula is C13H10NO. The van der Waals surface area contributed by atoms with Crippen LogP contribution < -0.4 is 10.5 Å². The van der Waals surface area contributed by atoms with Crippen LogP contribution in [0.25, 0.3) is 0 Å². The summed E-state index contributed by atoms with van der Waals surface area (Å²) < 4.78 is 5.75. The van der Waals surface area contributed by atoms with E-state index < -0.39 is 0 Å². The van der Waals surface area contributed by atoms with Gasteiger partial charge in [0.1, 0.15) is 11.5 Å². The van der Waals surface area contributed by atoms with Crippen LogP contribution in [-0.2, 0) is 0 Å². The van der Waals surface area contributed by atoms with E-state index in [1.54, 1.807) is 0 Å². The molecule has 0 amide bonds. The maximum Gasteiger partial charge on any atom is 0.133 e. The Balaban J connectivity index is 2.15. The topological polar surface area (TPSA) is 35.2 Å². The van der Waals surface area contributed by atoms with E-state index in [-0.39, 0.29) is 0 Å². The zero-order valence-corrected chi connectivity index (χ0v) is 8.10. The largest absolute Gasteiger partial charge is 0.457 e. The van der Waals surface area contributed by atoms with Crippen LogP contribution in [0.5, 0.6) is 11.5 Å². The van der Waals surface area contributed by atoms with Crippen LogP contribution in [0.3, 0.4) is 0 Å². The number of para-hydroxylation sites is 1. The van der Waals surface area contributed by atoms with E-state index >= 15 is 0 Å². The standard InChI is InChI=1S/C13H10NO/c14-11-5-3-7-13-10(11)8-9-4-1-2-6-12(9)15-13/h1-8H,14H2. The summed E-state index contributed by atoms with van der Waals surface area (Å²) in [5.41, 5.74) is 8.68. The summed E-state index contributed by atoms with van der Waals surface area (Å²) in [4.78, 5) is 0. The average Bonchev–Trinajstić information content (AvgIpc) is 2.27. The Morgan fingerprint density at radius 3 is 2.60 bits per heavy atom. The molecule has 0 atom stereocenters. The van der Waals surface area contributed by atoms with Gasteiger partial charge < -0.3 is 10.5 Å². The number of hydrogen-bond acceptors (Lipinski definition) is 2. The van der Waals surface area contributed by atoms with Crippen LogP contribution in [0.4, 0.5) is 5.69 Å². The molecule has 0 bridgehead atoms. The molecule has 3 rings (SSSR count). The van der Waals surface area contributed by atoms with E-state index in [1.165, 1.54) is 0 Å². The number of benzene rings is 2.